The van der Waals surface area contributed by atoms with E-state index in [1.54, 1.807) is 6.07 Å². The molecular formula is C23H27ClFNO3. The van der Waals surface area contributed by atoms with Gasteiger partial charge in [0.25, 0.3) is 0 Å². The van der Waals surface area contributed by atoms with Gasteiger partial charge in [-0.25, -0.2) is 4.39 Å². The third kappa shape index (κ3) is 2.91. The molecule has 2 N–H and O–H groups in total. The molecular weight excluding hydrogens is 393 g/mol. The molecule has 6 heteroatoms. The van der Waals surface area contributed by atoms with Crippen LogP contribution in [0.4, 0.5) is 4.39 Å². The molecule has 1 aromatic rings. The van der Waals surface area contributed by atoms with Gasteiger partial charge in [0, 0.05) is 11.1 Å². The number of rotatable bonds is 4. The summed E-state index contributed by atoms with van der Waals surface area (Å²) >= 11 is 6.37. The van der Waals surface area contributed by atoms with Crippen LogP contribution in [-0.2, 0) is 15.0 Å². The molecule has 0 aliphatic heterocycles. The Labute approximate surface area is 175 Å². The van der Waals surface area contributed by atoms with Crippen LogP contribution < -0.4 is 5.32 Å². The van der Waals surface area contributed by atoms with Crippen LogP contribution in [0.25, 0.3) is 0 Å². The zero-order chi connectivity index (χ0) is 20.4. The predicted octanol–water partition coefficient (Wildman–Crippen LogP) is 4.69. The summed E-state index contributed by atoms with van der Waals surface area (Å²) in [5.41, 5.74) is -0.561. The van der Waals surface area contributed by atoms with E-state index in [0.29, 0.717) is 36.6 Å². The van der Waals surface area contributed by atoms with Crippen molar-refractivity contribution >= 4 is 23.5 Å². The van der Waals surface area contributed by atoms with Crippen molar-refractivity contribution in [3.05, 3.63) is 34.6 Å². The molecule has 1 amide bonds. The largest absolute Gasteiger partial charge is 0.481 e. The number of halogens is 2. The predicted molar refractivity (Wildman–Crippen MR) is 107 cm³/mol. The van der Waals surface area contributed by atoms with Crippen molar-refractivity contribution < 1.29 is 19.1 Å². The van der Waals surface area contributed by atoms with E-state index in [2.05, 4.69) is 5.32 Å². The molecule has 5 saturated carbocycles. The molecule has 5 aliphatic carbocycles. The molecule has 4 nitrogen and oxygen atoms in total. The molecule has 6 rings (SSSR count). The fourth-order valence-corrected chi connectivity index (χ4v) is 7.63. The summed E-state index contributed by atoms with van der Waals surface area (Å²) in [5, 5.41) is 13.5. The highest BCUT2D eigenvalue weighted by Crippen LogP contribution is 2.60. The van der Waals surface area contributed by atoms with Crippen LogP contribution in [-0.4, -0.2) is 23.0 Å². The molecule has 0 heterocycles. The first-order valence-corrected chi connectivity index (χ1v) is 11.2. The normalized spacial score (nSPS) is 36.9. The zero-order valence-electron chi connectivity index (χ0n) is 16.4. The lowest BCUT2D eigenvalue weighted by Crippen LogP contribution is -2.62. The van der Waals surface area contributed by atoms with Crippen molar-refractivity contribution in [3.63, 3.8) is 0 Å². The summed E-state index contributed by atoms with van der Waals surface area (Å²) < 4.78 is 13.6. The molecule has 0 saturated heterocycles. The van der Waals surface area contributed by atoms with Crippen LogP contribution in [0, 0.1) is 29.0 Å². The van der Waals surface area contributed by atoms with Crippen LogP contribution in [0.3, 0.4) is 0 Å². The van der Waals surface area contributed by atoms with E-state index in [-0.39, 0.29) is 23.8 Å². The van der Waals surface area contributed by atoms with Gasteiger partial charge in [0.15, 0.2) is 0 Å². The van der Waals surface area contributed by atoms with Gasteiger partial charge in [-0.2, -0.15) is 0 Å². The minimum absolute atomic E-state index is 0.00893. The van der Waals surface area contributed by atoms with E-state index in [4.69, 9.17) is 11.6 Å². The van der Waals surface area contributed by atoms with E-state index >= 15 is 0 Å². The van der Waals surface area contributed by atoms with E-state index in [0.717, 1.165) is 37.7 Å². The monoisotopic (exact) mass is 419 g/mol. The summed E-state index contributed by atoms with van der Waals surface area (Å²) in [6.45, 7) is 0. The smallest absolute Gasteiger partial charge is 0.309 e. The van der Waals surface area contributed by atoms with Gasteiger partial charge < -0.3 is 10.4 Å². The number of amides is 1. The van der Waals surface area contributed by atoms with Crippen molar-refractivity contribution in [2.24, 2.45) is 23.2 Å². The van der Waals surface area contributed by atoms with Crippen molar-refractivity contribution in [1.82, 2.24) is 5.32 Å². The van der Waals surface area contributed by atoms with Gasteiger partial charge in [0.05, 0.1) is 10.8 Å². The summed E-state index contributed by atoms with van der Waals surface area (Å²) in [6, 6.07) is 4.39. The van der Waals surface area contributed by atoms with E-state index < -0.39 is 22.6 Å². The fraction of sp³-hybridized carbons (Fsp3) is 0.652. The Morgan fingerprint density at radius 1 is 1.10 bits per heavy atom. The fourth-order valence-electron chi connectivity index (χ4n) is 7.29. The van der Waals surface area contributed by atoms with Gasteiger partial charge >= 0.3 is 5.97 Å². The quantitative estimate of drug-likeness (QED) is 0.744. The SMILES string of the molecule is O=C(O)C12CC3CC(C1)C(NC(=O)C1(c4ccc(F)cc4Cl)CCCC1)C(C3)C2. The lowest BCUT2D eigenvalue weighted by molar-refractivity contribution is -0.168. The Bertz CT molecular complexity index is 850. The van der Waals surface area contributed by atoms with Crippen LogP contribution >= 0.6 is 11.6 Å². The Hall–Kier alpha value is -1.62. The summed E-state index contributed by atoms with van der Waals surface area (Å²) in [7, 11) is 0. The second kappa shape index (κ2) is 6.69. The number of carbonyl (C=O) groups excluding carboxylic acids is 1. The Morgan fingerprint density at radius 3 is 2.34 bits per heavy atom. The highest BCUT2D eigenvalue weighted by molar-refractivity contribution is 6.31. The van der Waals surface area contributed by atoms with Crippen molar-refractivity contribution in [2.45, 2.75) is 69.2 Å². The maximum Gasteiger partial charge on any atom is 0.309 e. The molecule has 2 atom stereocenters. The van der Waals surface area contributed by atoms with Crippen LogP contribution in [0.2, 0.25) is 5.02 Å². The standard InChI is InChI=1S/C23H27ClFNO3/c24-18-9-16(25)3-4-17(18)23(5-1-2-6-23)20(27)26-19-14-7-13-8-15(19)12-22(10-13,11-14)21(28)29/h3-4,9,13-15,19H,1-2,5-8,10-12H2,(H,26,27)(H,28,29). The molecule has 0 aromatic heterocycles. The van der Waals surface area contributed by atoms with Gasteiger partial charge in [-0.15, -0.1) is 0 Å². The first-order valence-electron chi connectivity index (χ1n) is 10.8. The van der Waals surface area contributed by atoms with Gasteiger partial charge in [-0.05, 0) is 80.4 Å². The molecule has 0 radical (unpaired) electrons. The number of hydrogen-bond acceptors (Lipinski definition) is 2. The highest BCUT2D eigenvalue weighted by Gasteiger charge is 2.59. The lowest BCUT2D eigenvalue weighted by atomic mass is 9.48. The number of carboxylic acid groups (broad SMARTS) is 1. The minimum atomic E-state index is -0.704. The van der Waals surface area contributed by atoms with Crippen LogP contribution in [0.5, 0.6) is 0 Å². The molecule has 156 valence electrons. The molecule has 5 fully saturated rings. The third-order valence-corrected chi connectivity index (χ3v) is 8.68. The molecule has 1 aromatic carbocycles. The number of aliphatic carboxylic acids is 1. The zero-order valence-corrected chi connectivity index (χ0v) is 17.2. The highest BCUT2D eigenvalue weighted by atomic mass is 35.5. The first kappa shape index (κ1) is 19.3. The molecule has 4 bridgehead atoms. The summed E-state index contributed by atoms with van der Waals surface area (Å²) in [4.78, 5) is 25.6. The maximum atomic E-state index is 13.6. The van der Waals surface area contributed by atoms with Crippen molar-refractivity contribution in [2.75, 3.05) is 0 Å². The maximum absolute atomic E-state index is 13.6. The lowest BCUT2D eigenvalue weighted by Gasteiger charge is -2.58. The van der Waals surface area contributed by atoms with Crippen LogP contribution in [0.15, 0.2) is 18.2 Å². The molecule has 5 aliphatic rings. The molecule has 0 spiro atoms. The average molecular weight is 420 g/mol. The Balaban J connectivity index is 1.42. The topological polar surface area (TPSA) is 66.4 Å². The van der Waals surface area contributed by atoms with Crippen molar-refractivity contribution in [1.29, 1.82) is 0 Å². The number of hydrogen-bond donors (Lipinski definition) is 2. The van der Waals surface area contributed by atoms with Gasteiger partial charge in [0.1, 0.15) is 5.82 Å². The number of benzene rings is 1. The summed E-state index contributed by atoms with van der Waals surface area (Å²) in [6.07, 6.45) is 7.50. The Morgan fingerprint density at radius 2 is 1.76 bits per heavy atom. The number of nitrogens with one attached hydrogen (secondary N) is 1. The van der Waals surface area contributed by atoms with E-state index in [9.17, 15) is 19.1 Å². The second-order valence-electron chi connectivity index (χ2n) is 9.97. The van der Waals surface area contributed by atoms with Gasteiger partial charge in [-0.3, -0.25) is 9.59 Å². The summed E-state index contributed by atoms with van der Waals surface area (Å²) in [5.74, 6) is -0.111. The molecule has 29 heavy (non-hydrogen) atoms. The Kier molecular flexibility index (Phi) is 4.47. The second-order valence-corrected chi connectivity index (χ2v) is 10.4. The van der Waals surface area contributed by atoms with Crippen molar-refractivity contribution in [3.8, 4) is 0 Å². The first-order chi connectivity index (χ1) is 13.8. The number of carboxylic acids is 1. The van der Waals surface area contributed by atoms with Crippen LogP contribution in [0.1, 0.15) is 63.4 Å². The van der Waals surface area contributed by atoms with Gasteiger partial charge in [0.2, 0.25) is 5.91 Å². The van der Waals surface area contributed by atoms with E-state index in [1.165, 1.54) is 12.1 Å². The average Bonchev–Trinajstić information content (AvgIpc) is 3.14. The third-order valence-electron chi connectivity index (χ3n) is 8.36. The molecule has 2 unspecified atom stereocenters. The van der Waals surface area contributed by atoms with E-state index in [1.807, 2.05) is 0 Å². The minimum Gasteiger partial charge on any atom is -0.481 e. The number of carbonyl (C=O) groups is 2. The van der Waals surface area contributed by atoms with Gasteiger partial charge in [-0.1, -0.05) is 30.5 Å².